The van der Waals surface area contributed by atoms with Crippen molar-refractivity contribution in [2.45, 2.75) is 0 Å². The molecule has 2 aromatic carbocycles. The maximum absolute atomic E-state index is 12.6. The highest BCUT2D eigenvalue weighted by Crippen LogP contribution is 2.35. The normalized spacial score (nSPS) is 10.4. The van der Waals surface area contributed by atoms with Gasteiger partial charge < -0.3 is 15.2 Å². The number of methoxy groups -OCH3 is 2. The van der Waals surface area contributed by atoms with Crippen LogP contribution in [0.3, 0.4) is 0 Å². The molecule has 3 rings (SSSR count). The number of hydrogen-bond donors (Lipinski definition) is 3. The van der Waals surface area contributed by atoms with E-state index in [1.165, 1.54) is 7.11 Å². The molecule has 7 heteroatoms. The summed E-state index contributed by atoms with van der Waals surface area (Å²) in [4.78, 5) is 17.3. The van der Waals surface area contributed by atoms with Crippen molar-refractivity contribution in [3.05, 3.63) is 54.1 Å². The quantitative estimate of drug-likeness (QED) is 0.495. The van der Waals surface area contributed by atoms with Gasteiger partial charge in [-0.25, -0.2) is 4.98 Å². The van der Waals surface area contributed by atoms with Crippen molar-refractivity contribution in [2.24, 2.45) is 5.73 Å². The second-order valence-electron chi connectivity index (χ2n) is 5.51. The second-order valence-corrected chi connectivity index (χ2v) is 5.51. The fraction of sp³-hybridized carbons (Fsp3) is 0.105. The first-order valence-corrected chi connectivity index (χ1v) is 7.81. The Morgan fingerprint density at radius 3 is 2.46 bits per heavy atom. The zero-order valence-electron chi connectivity index (χ0n) is 14.4. The van der Waals surface area contributed by atoms with Gasteiger partial charge in [-0.1, -0.05) is 30.3 Å². The molecule has 0 aliphatic carbocycles. The van der Waals surface area contributed by atoms with Gasteiger partial charge in [0.2, 0.25) is 0 Å². The largest absolute Gasteiger partial charge is 0.497 e. The van der Waals surface area contributed by atoms with Gasteiger partial charge in [-0.15, -0.1) is 0 Å². The zero-order chi connectivity index (χ0) is 18.7. The standard InChI is InChI=1S/C19H18N4O3/c1-25-12-8-15-17(16(9-12)26-2)13(18(24)23-19(20)21)10-14(22-15)11-6-4-3-5-7-11/h3-10H,1-2H3,(H4,20,21,23,24). The highest BCUT2D eigenvalue weighted by Gasteiger charge is 2.19. The summed E-state index contributed by atoms with van der Waals surface area (Å²) in [6, 6.07) is 14.6. The number of rotatable bonds is 4. The number of carbonyl (C=O) groups excluding carboxylic acids is 1. The first-order chi connectivity index (χ1) is 12.5. The third kappa shape index (κ3) is 3.27. The van der Waals surface area contributed by atoms with E-state index in [4.69, 9.17) is 20.6 Å². The Hall–Kier alpha value is -3.61. The Balaban J connectivity index is 2.32. The maximum atomic E-state index is 12.6. The van der Waals surface area contributed by atoms with Gasteiger partial charge in [0.05, 0.1) is 36.4 Å². The van der Waals surface area contributed by atoms with Crippen LogP contribution in [0.2, 0.25) is 0 Å². The number of amides is 1. The van der Waals surface area contributed by atoms with Crippen molar-refractivity contribution in [3.63, 3.8) is 0 Å². The van der Waals surface area contributed by atoms with Gasteiger partial charge in [0.25, 0.3) is 5.91 Å². The number of pyridine rings is 1. The molecule has 1 aromatic heterocycles. The van der Waals surface area contributed by atoms with Crippen molar-refractivity contribution in [1.82, 2.24) is 10.3 Å². The average molecular weight is 350 g/mol. The number of nitrogens with one attached hydrogen (secondary N) is 2. The van der Waals surface area contributed by atoms with E-state index in [9.17, 15) is 4.79 Å². The molecule has 4 N–H and O–H groups in total. The van der Waals surface area contributed by atoms with E-state index >= 15 is 0 Å². The number of nitrogens with two attached hydrogens (primary N) is 1. The Morgan fingerprint density at radius 2 is 1.85 bits per heavy atom. The molecule has 0 atom stereocenters. The monoisotopic (exact) mass is 350 g/mol. The van der Waals surface area contributed by atoms with E-state index in [-0.39, 0.29) is 0 Å². The lowest BCUT2D eigenvalue weighted by molar-refractivity contribution is 0.0978. The molecule has 1 amide bonds. The Morgan fingerprint density at radius 1 is 1.12 bits per heavy atom. The molecule has 7 nitrogen and oxygen atoms in total. The van der Waals surface area contributed by atoms with Crippen LogP contribution in [0.4, 0.5) is 0 Å². The number of guanidine groups is 1. The third-order valence-electron chi connectivity index (χ3n) is 3.86. The van der Waals surface area contributed by atoms with Crippen LogP contribution in [0.5, 0.6) is 11.5 Å². The van der Waals surface area contributed by atoms with Crippen molar-refractivity contribution in [3.8, 4) is 22.8 Å². The Labute approximate surface area is 150 Å². The summed E-state index contributed by atoms with van der Waals surface area (Å²) in [6.45, 7) is 0. The van der Waals surface area contributed by atoms with E-state index in [1.807, 2.05) is 30.3 Å². The predicted octanol–water partition coefficient (Wildman–Crippen LogP) is 2.54. The van der Waals surface area contributed by atoms with Crippen molar-refractivity contribution >= 4 is 22.8 Å². The van der Waals surface area contributed by atoms with Crippen molar-refractivity contribution in [1.29, 1.82) is 5.41 Å². The number of ether oxygens (including phenoxy) is 2. The molecule has 0 fully saturated rings. The van der Waals surface area contributed by atoms with Crippen LogP contribution < -0.4 is 20.5 Å². The van der Waals surface area contributed by atoms with Gasteiger partial charge in [-0.05, 0) is 6.07 Å². The molecule has 1 heterocycles. The minimum Gasteiger partial charge on any atom is -0.497 e. The van der Waals surface area contributed by atoms with E-state index in [0.717, 1.165) is 5.56 Å². The molecule has 0 bridgehead atoms. The zero-order valence-corrected chi connectivity index (χ0v) is 14.4. The number of aromatic nitrogens is 1. The molecule has 0 saturated heterocycles. The van der Waals surface area contributed by atoms with E-state index in [0.29, 0.717) is 33.7 Å². The van der Waals surface area contributed by atoms with E-state index in [2.05, 4.69) is 10.3 Å². The number of benzene rings is 2. The van der Waals surface area contributed by atoms with Crippen LogP contribution in [-0.4, -0.2) is 31.1 Å². The minimum absolute atomic E-state index is 0.309. The van der Waals surface area contributed by atoms with Gasteiger partial charge >= 0.3 is 0 Å². The smallest absolute Gasteiger partial charge is 0.258 e. The molecular weight excluding hydrogens is 332 g/mol. The van der Waals surface area contributed by atoms with Crippen LogP contribution in [0.15, 0.2) is 48.5 Å². The first kappa shape index (κ1) is 17.2. The molecule has 0 aliphatic heterocycles. The molecule has 132 valence electrons. The fourth-order valence-electron chi connectivity index (χ4n) is 2.71. The van der Waals surface area contributed by atoms with E-state index in [1.54, 1.807) is 25.3 Å². The van der Waals surface area contributed by atoms with Crippen molar-refractivity contribution in [2.75, 3.05) is 14.2 Å². The van der Waals surface area contributed by atoms with Gasteiger partial charge in [0.1, 0.15) is 11.5 Å². The molecule has 0 radical (unpaired) electrons. The summed E-state index contributed by atoms with van der Waals surface area (Å²) < 4.78 is 10.7. The number of hydrogen-bond acceptors (Lipinski definition) is 5. The van der Waals surface area contributed by atoms with Crippen LogP contribution in [-0.2, 0) is 0 Å². The molecule has 0 aliphatic rings. The molecule has 26 heavy (non-hydrogen) atoms. The van der Waals surface area contributed by atoms with Gasteiger partial charge in [0.15, 0.2) is 5.96 Å². The van der Waals surface area contributed by atoms with Crippen molar-refractivity contribution < 1.29 is 14.3 Å². The fourth-order valence-corrected chi connectivity index (χ4v) is 2.71. The van der Waals surface area contributed by atoms with Gasteiger partial charge in [0, 0.05) is 17.7 Å². The predicted molar refractivity (Wildman–Crippen MR) is 99.7 cm³/mol. The summed E-state index contributed by atoms with van der Waals surface area (Å²) in [6.07, 6.45) is 0. The topological polar surface area (TPSA) is 110 Å². The average Bonchev–Trinajstić information content (AvgIpc) is 2.66. The molecule has 0 spiro atoms. The van der Waals surface area contributed by atoms with Gasteiger partial charge in [-0.3, -0.25) is 15.5 Å². The van der Waals surface area contributed by atoms with Gasteiger partial charge in [-0.2, -0.15) is 0 Å². The molecular formula is C19H18N4O3. The third-order valence-corrected chi connectivity index (χ3v) is 3.86. The first-order valence-electron chi connectivity index (χ1n) is 7.81. The SMILES string of the molecule is COc1cc(OC)c2c(C(=O)NC(=N)N)cc(-c3ccccc3)nc2c1. The van der Waals surface area contributed by atoms with Crippen LogP contribution >= 0.6 is 0 Å². The summed E-state index contributed by atoms with van der Waals surface area (Å²) in [5.74, 6) is 0.0596. The van der Waals surface area contributed by atoms with Crippen LogP contribution in [0.25, 0.3) is 22.2 Å². The molecule has 0 saturated carbocycles. The highest BCUT2D eigenvalue weighted by molar-refractivity contribution is 6.14. The lowest BCUT2D eigenvalue weighted by Crippen LogP contribution is -2.35. The Kier molecular flexibility index (Phi) is 4.70. The van der Waals surface area contributed by atoms with Crippen LogP contribution in [0, 0.1) is 5.41 Å². The second kappa shape index (κ2) is 7.10. The lowest BCUT2D eigenvalue weighted by atomic mass is 10.0. The summed E-state index contributed by atoms with van der Waals surface area (Å²) in [5.41, 5.74) is 7.64. The summed E-state index contributed by atoms with van der Waals surface area (Å²) in [7, 11) is 3.05. The lowest BCUT2D eigenvalue weighted by Gasteiger charge is -2.14. The van der Waals surface area contributed by atoms with E-state index < -0.39 is 11.9 Å². The maximum Gasteiger partial charge on any atom is 0.258 e. The molecule has 3 aromatic rings. The summed E-state index contributed by atoms with van der Waals surface area (Å²) in [5, 5.41) is 10.2. The summed E-state index contributed by atoms with van der Waals surface area (Å²) >= 11 is 0. The highest BCUT2D eigenvalue weighted by atomic mass is 16.5. The molecule has 0 unspecified atom stereocenters. The number of carbonyl (C=O) groups is 1. The number of fused-ring (bicyclic) bond motifs is 1. The minimum atomic E-state index is -0.509. The van der Waals surface area contributed by atoms with Crippen LogP contribution in [0.1, 0.15) is 10.4 Å². The Bertz CT molecular complexity index is 987. The number of nitrogens with zero attached hydrogens (tertiary/aromatic N) is 1.